The minimum Gasteiger partial charge on any atom is -0.340 e. The molecule has 0 spiro atoms. The van der Waals surface area contributed by atoms with Gasteiger partial charge in [-0.3, -0.25) is 9.69 Å². The van der Waals surface area contributed by atoms with Gasteiger partial charge in [0.15, 0.2) is 0 Å². The second-order valence-electron chi connectivity index (χ2n) is 5.90. The first-order valence-corrected chi connectivity index (χ1v) is 7.31. The minimum absolute atomic E-state index is 0.226. The quantitative estimate of drug-likeness (QED) is 0.735. The molecule has 2 saturated heterocycles. The van der Waals surface area contributed by atoms with Crippen molar-refractivity contribution in [2.75, 3.05) is 39.3 Å². The Bertz CT molecular complexity index is 277. The highest BCUT2D eigenvalue weighted by atomic mass is 16.2. The van der Waals surface area contributed by atoms with E-state index in [1.54, 1.807) is 6.92 Å². The lowest BCUT2D eigenvalue weighted by atomic mass is 10.0. The molecule has 2 fully saturated rings. The summed E-state index contributed by atoms with van der Waals surface area (Å²) >= 11 is 0. The van der Waals surface area contributed by atoms with Crippen LogP contribution in [0.25, 0.3) is 0 Å². The summed E-state index contributed by atoms with van der Waals surface area (Å²) in [6, 6.07) is 1.43. The molecule has 4 nitrogen and oxygen atoms in total. The van der Waals surface area contributed by atoms with Gasteiger partial charge in [-0.25, -0.2) is 0 Å². The van der Waals surface area contributed by atoms with E-state index in [0.717, 1.165) is 32.2 Å². The molecule has 0 unspecified atom stereocenters. The number of hydrogen-bond acceptors (Lipinski definition) is 3. The molecule has 2 aliphatic rings. The van der Waals surface area contributed by atoms with Crippen molar-refractivity contribution in [2.45, 2.75) is 45.7 Å². The lowest BCUT2D eigenvalue weighted by molar-refractivity contribution is -0.131. The fraction of sp³-hybridized carbons (Fsp3) is 0.929. The molecule has 0 atom stereocenters. The summed E-state index contributed by atoms with van der Waals surface area (Å²) in [5.41, 5.74) is 0. The highest BCUT2D eigenvalue weighted by molar-refractivity contribution is 5.73. The van der Waals surface area contributed by atoms with Crippen LogP contribution in [0.15, 0.2) is 0 Å². The summed E-state index contributed by atoms with van der Waals surface area (Å²) < 4.78 is 0. The fourth-order valence-corrected chi connectivity index (χ4v) is 3.17. The smallest absolute Gasteiger partial charge is 0.219 e. The molecule has 2 rings (SSSR count). The molecule has 2 aliphatic heterocycles. The number of piperazine rings is 1. The Morgan fingerprint density at radius 3 is 2.00 bits per heavy atom. The molecule has 0 N–H and O–H groups in total. The summed E-state index contributed by atoms with van der Waals surface area (Å²) in [4.78, 5) is 18.4. The Balaban J connectivity index is 1.76. The third-order valence-corrected chi connectivity index (χ3v) is 4.51. The molecule has 0 radical (unpaired) electrons. The Morgan fingerprint density at radius 2 is 1.56 bits per heavy atom. The predicted molar refractivity (Wildman–Crippen MR) is 73.6 cm³/mol. The lowest BCUT2D eigenvalue weighted by Crippen LogP contribution is -2.54. The van der Waals surface area contributed by atoms with Gasteiger partial charge >= 0.3 is 0 Å². The summed E-state index contributed by atoms with van der Waals surface area (Å²) in [6.45, 7) is 12.7. The molecule has 18 heavy (non-hydrogen) atoms. The van der Waals surface area contributed by atoms with Crippen molar-refractivity contribution in [1.82, 2.24) is 14.7 Å². The molecule has 0 bridgehead atoms. The number of rotatable bonds is 2. The van der Waals surface area contributed by atoms with Crippen molar-refractivity contribution in [1.29, 1.82) is 0 Å². The van der Waals surface area contributed by atoms with E-state index in [2.05, 4.69) is 23.6 Å². The summed E-state index contributed by atoms with van der Waals surface area (Å²) in [5.74, 6) is 0.226. The molecule has 0 aromatic rings. The molecule has 0 saturated carbocycles. The van der Waals surface area contributed by atoms with Crippen molar-refractivity contribution < 1.29 is 4.79 Å². The maximum absolute atomic E-state index is 11.3. The van der Waals surface area contributed by atoms with Crippen LogP contribution in [-0.4, -0.2) is 72.0 Å². The van der Waals surface area contributed by atoms with E-state index < -0.39 is 0 Å². The number of likely N-dealkylation sites (tertiary alicyclic amines) is 1. The van der Waals surface area contributed by atoms with Crippen LogP contribution >= 0.6 is 0 Å². The molecule has 0 aliphatic carbocycles. The molecule has 4 heteroatoms. The summed E-state index contributed by atoms with van der Waals surface area (Å²) in [7, 11) is 0. The zero-order valence-corrected chi connectivity index (χ0v) is 12.1. The van der Waals surface area contributed by atoms with E-state index >= 15 is 0 Å². The first kappa shape index (κ1) is 13.8. The van der Waals surface area contributed by atoms with Crippen LogP contribution in [0, 0.1) is 0 Å². The number of piperidine rings is 1. The van der Waals surface area contributed by atoms with Crippen LogP contribution in [0.5, 0.6) is 0 Å². The molecule has 0 aromatic heterocycles. The van der Waals surface area contributed by atoms with Crippen LogP contribution in [0.4, 0.5) is 0 Å². The van der Waals surface area contributed by atoms with Crippen molar-refractivity contribution in [3.05, 3.63) is 0 Å². The zero-order valence-electron chi connectivity index (χ0n) is 12.1. The molecular formula is C14H27N3O. The third kappa shape index (κ3) is 3.23. The second-order valence-corrected chi connectivity index (χ2v) is 5.90. The van der Waals surface area contributed by atoms with Gasteiger partial charge in [-0.05, 0) is 39.8 Å². The Labute approximate surface area is 111 Å². The van der Waals surface area contributed by atoms with Gasteiger partial charge in [0.25, 0.3) is 0 Å². The van der Waals surface area contributed by atoms with Gasteiger partial charge in [0.1, 0.15) is 0 Å². The molecule has 104 valence electrons. The van der Waals surface area contributed by atoms with E-state index in [1.807, 2.05) is 4.90 Å². The maximum Gasteiger partial charge on any atom is 0.219 e. The summed E-state index contributed by atoms with van der Waals surface area (Å²) in [5, 5.41) is 0. The normalized spacial score (nSPS) is 24.8. The summed E-state index contributed by atoms with van der Waals surface area (Å²) in [6.07, 6.45) is 2.58. The van der Waals surface area contributed by atoms with Gasteiger partial charge in [-0.1, -0.05) is 0 Å². The van der Waals surface area contributed by atoms with Gasteiger partial charge in [0.05, 0.1) is 0 Å². The van der Waals surface area contributed by atoms with Gasteiger partial charge in [0, 0.05) is 45.2 Å². The lowest BCUT2D eigenvalue weighted by Gasteiger charge is -2.43. The Kier molecular flexibility index (Phi) is 4.62. The van der Waals surface area contributed by atoms with Crippen molar-refractivity contribution in [3.63, 3.8) is 0 Å². The van der Waals surface area contributed by atoms with E-state index in [1.165, 1.54) is 25.9 Å². The van der Waals surface area contributed by atoms with E-state index in [4.69, 9.17) is 0 Å². The first-order chi connectivity index (χ1) is 8.58. The second kappa shape index (κ2) is 6.02. The highest BCUT2D eigenvalue weighted by Gasteiger charge is 2.28. The van der Waals surface area contributed by atoms with Gasteiger partial charge in [0.2, 0.25) is 5.91 Å². The highest BCUT2D eigenvalue weighted by Crippen LogP contribution is 2.19. The Morgan fingerprint density at radius 1 is 1.00 bits per heavy atom. The number of amides is 1. The number of nitrogens with zero attached hydrogens (tertiary/aromatic N) is 3. The predicted octanol–water partition coefficient (Wildman–Crippen LogP) is 1.02. The van der Waals surface area contributed by atoms with Crippen LogP contribution in [0.2, 0.25) is 0 Å². The SMILES string of the molecule is CC(=O)N1CCN(C2CCN(C(C)C)CC2)CC1. The topological polar surface area (TPSA) is 26.8 Å². The first-order valence-electron chi connectivity index (χ1n) is 7.31. The fourth-order valence-electron chi connectivity index (χ4n) is 3.17. The average molecular weight is 253 g/mol. The van der Waals surface area contributed by atoms with Crippen molar-refractivity contribution >= 4 is 5.91 Å². The van der Waals surface area contributed by atoms with E-state index in [0.29, 0.717) is 6.04 Å². The van der Waals surface area contributed by atoms with Gasteiger partial charge in [-0.2, -0.15) is 0 Å². The Hall–Kier alpha value is -0.610. The minimum atomic E-state index is 0.226. The number of carbonyl (C=O) groups is 1. The van der Waals surface area contributed by atoms with Crippen LogP contribution in [0.3, 0.4) is 0 Å². The zero-order chi connectivity index (χ0) is 13.1. The van der Waals surface area contributed by atoms with Crippen LogP contribution < -0.4 is 0 Å². The van der Waals surface area contributed by atoms with Crippen molar-refractivity contribution in [2.24, 2.45) is 0 Å². The largest absolute Gasteiger partial charge is 0.340 e. The maximum atomic E-state index is 11.3. The van der Waals surface area contributed by atoms with Crippen LogP contribution in [-0.2, 0) is 4.79 Å². The van der Waals surface area contributed by atoms with Gasteiger partial charge in [-0.15, -0.1) is 0 Å². The van der Waals surface area contributed by atoms with Crippen molar-refractivity contribution in [3.8, 4) is 0 Å². The van der Waals surface area contributed by atoms with E-state index in [-0.39, 0.29) is 5.91 Å². The van der Waals surface area contributed by atoms with Gasteiger partial charge < -0.3 is 9.80 Å². The molecular weight excluding hydrogens is 226 g/mol. The molecule has 1 amide bonds. The average Bonchev–Trinajstić information content (AvgIpc) is 2.39. The molecule has 2 heterocycles. The molecule has 0 aromatic carbocycles. The third-order valence-electron chi connectivity index (χ3n) is 4.51. The number of hydrogen-bond donors (Lipinski definition) is 0. The number of carbonyl (C=O) groups excluding carboxylic acids is 1. The monoisotopic (exact) mass is 253 g/mol. The van der Waals surface area contributed by atoms with E-state index in [9.17, 15) is 4.79 Å². The standard InChI is InChI=1S/C14H27N3O/c1-12(2)15-6-4-14(5-7-15)17-10-8-16(9-11-17)13(3)18/h12,14H,4-11H2,1-3H3. The van der Waals surface area contributed by atoms with Crippen LogP contribution in [0.1, 0.15) is 33.6 Å².